The fraction of sp³-hybridized carbons (Fsp3) is 0.400. The summed E-state index contributed by atoms with van der Waals surface area (Å²) in [5, 5.41) is 3.19. The third kappa shape index (κ3) is 5.72. The van der Waals surface area contributed by atoms with Gasteiger partial charge in [0.1, 0.15) is 0 Å². The average Bonchev–Trinajstić information content (AvgIpc) is 2.55. The molecule has 0 fully saturated rings. The molecule has 4 nitrogen and oxygen atoms in total. The first-order valence-electron chi connectivity index (χ1n) is 8.78. The minimum Gasteiger partial charge on any atom is -0.309 e. The Labute approximate surface area is 164 Å². The standard InChI is InChI=1S/C20H25F3N2O2S/c1-14-11-17(20(21,22)23)8-7-16(14)13-24-12-15-5-9-18(10-6-15)25-28(26,27)19(2,3)4/h5-11,24-25H,12-13H2,1-4H3. The second kappa shape index (κ2) is 8.13. The molecule has 0 unspecified atom stereocenters. The molecule has 154 valence electrons. The van der Waals surface area contributed by atoms with Gasteiger partial charge in [-0.1, -0.05) is 18.2 Å². The fourth-order valence-corrected chi connectivity index (χ4v) is 3.16. The van der Waals surface area contributed by atoms with Crippen molar-refractivity contribution >= 4 is 15.7 Å². The molecule has 0 aliphatic rings. The van der Waals surface area contributed by atoms with Gasteiger partial charge in [-0.25, -0.2) is 8.42 Å². The van der Waals surface area contributed by atoms with Crippen LogP contribution in [0, 0.1) is 6.92 Å². The maximum Gasteiger partial charge on any atom is 0.416 e. The zero-order chi connectivity index (χ0) is 21.2. The Hall–Kier alpha value is -2.06. The summed E-state index contributed by atoms with van der Waals surface area (Å²) in [7, 11) is -3.48. The Morgan fingerprint density at radius 3 is 2.04 bits per heavy atom. The van der Waals surface area contributed by atoms with Crippen molar-refractivity contribution in [2.45, 2.75) is 51.7 Å². The number of sulfonamides is 1. The summed E-state index contributed by atoms with van der Waals surface area (Å²) in [5.74, 6) is 0. The highest BCUT2D eigenvalue weighted by atomic mass is 32.2. The van der Waals surface area contributed by atoms with E-state index in [4.69, 9.17) is 0 Å². The van der Waals surface area contributed by atoms with Crippen molar-refractivity contribution in [3.63, 3.8) is 0 Å². The number of halogens is 3. The molecule has 2 rings (SSSR count). The van der Waals surface area contributed by atoms with Crippen molar-refractivity contribution in [1.82, 2.24) is 5.32 Å². The Kier molecular flexibility index (Phi) is 6.45. The van der Waals surface area contributed by atoms with Crippen LogP contribution in [0.15, 0.2) is 42.5 Å². The van der Waals surface area contributed by atoms with Crippen LogP contribution in [0.2, 0.25) is 0 Å². The van der Waals surface area contributed by atoms with E-state index in [0.717, 1.165) is 23.3 Å². The first-order chi connectivity index (χ1) is 12.8. The number of anilines is 1. The minimum atomic E-state index is -4.34. The van der Waals surface area contributed by atoms with E-state index in [9.17, 15) is 21.6 Å². The summed E-state index contributed by atoms with van der Waals surface area (Å²) in [6.07, 6.45) is -4.34. The fourth-order valence-electron chi connectivity index (χ4n) is 2.41. The van der Waals surface area contributed by atoms with E-state index < -0.39 is 26.5 Å². The number of alkyl halides is 3. The maximum atomic E-state index is 12.7. The van der Waals surface area contributed by atoms with Crippen LogP contribution < -0.4 is 10.0 Å². The van der Waals surface area contributed by atoms with Crippen molar-refractivity contribution in [3.05, 3.63) is 64.7 Å². The predicted octanol–water partition coefficient (Wildman–Crippen LogP) is 4.84. The molecule has 0 saturated heterocycles. The molecule has 2 aromatic rings. The molecule has 0 spiro atoms. The summed E-state index contributed by atoms with van der Waals surface area (Å²) in [5.41, 5.74) is 2.14. The van der Waals surface area contributed by atoms with Gasteiger partial charge in [-0.05, 0) is 68.7 Å². The summed E-state index contributed by atoms with van der Waals surface area (Å²) < 4.78 is 64.1. The van der Waals surface area contributed by atoms with Crippen molar-refractivity contribution in [3.8, 4) is 0 Å². The quantitative estimate of drug-likeness (QED) is 0.711. The minimum absolute atomic E-state index is 0.433. The van der Waals surface area contributed by atoms with Crippen LogP contribution in [0.3, 0.4) is 0 Å². The topological polar surface area (TPSA) is 58.2 Å². The van der Waals surface area contributed by atoms with Crippen LogP contribution in [-0.2, 0) is 29.3 Å². The van der Waals surface area contributed by atoms with Gasteiger partial charge < -0.3 is 5.32 Å². The van der Waals surface area contributed by atoms with E-state index in [-0.39, 0.29) is 0 Å². The average molecular weight is 414 g/mol. The number of benzene rings is 2. The molecule has 28 heavy (non-hydrogen) atoms. The van der Waals surface area contributed by atoms with Gasteiger partial charge in [0, 0.05) is 18.8 Å². The van der Waals surface area contributed by atoms with Gasteiger partial charge in [-0.2, -0.15) is 13.2 Å². The zero-order valence-corrected chi connectivity index (χ0v) is 17.1. The Bertz CT molecular complexity index is 916. The number of aryl methyl sites for hydroxylation is 1. The molecule has 0 heterocycles. The molecular weight excluding hydrogens is 389 g/mol. The van der Waals surface area contributed by atoms with Crippen LogP contribution in [0.25, 0.3) is 0 Å². The van der Waals surface area contributed by atoms with Gasteiger partial charge in [0.05, 0.1) is 10.3 Å². The maximum absolute atomic E-state index is 12.7. The van der Waals surface area contributed by atoms with E-state index in [2.05, 4.69) is 10.0 Å². The van der Waals surface area contributed by atoms with Crippen LogP contribution in [-0.4, -0.2) is 13.2 Å². The van der Waals surface area contributed by atoms with Crippen LogP contribution in [0.1, 0.15) is 43.0 Å². The molecular formula is C20H25F3N2O2S. The van der Waals surface area contributed by atoms with Gasteiger partial charge in [-0.3, -0.25) is 4.72 Å². The van der Waals surface area contributed by atoms with Gasteiger partial charge >= 0.3 is 6.18 Å². The lowest BCUT2D eigenvalue weighted by Gasteiger charge is -2.20. The number of hydrogen-bond donors (Lipinski definition) is 2. The molecule has 2 aromatic carbocycles. The summed E-state index contributed by atoms with van der Waals surface area (Å²) >= 11 is 0. The van der Waals surface area contributed by atoms with E-state index >= 15 is 0 Å². The lowest BCUT2D eigenvalue weighted by molar-refractivity contribution is -0.137. The SMILES string of the molecule is Cc1cc(C(F)(F)F)ccc1CNCc1ccc(NS(=O)(=O)C(C)(C)C)cc1. The first kappa shape index (κ1) is 22.2. The number of hydrogen-bond acceptors (Lipinski definition) is 3. The molecule has 2 N–H and O–H groups in total. The molecule has 0 radical (unpaired) electrons. The lowest BCUT2D eigenvalue weighted by atomic mass is 10.0. The molecule has 0 bridgehead atoms. The largest absolute Gasteiger partial charge is 0.416 e. The van der Waals surface area contributed by atoms with Crippen LogP contribution in [0.5, 0.6) is 0 Å². The molecule has 0 atom stereocenters. The molecule has 8 heteroatoms. The van der Waals surface area contributed by atoms with Gasteiger partial charge in [0.15, 0.2) is 0 Å². The highest BCUT2D eigenvalue weighted by Gasteiger charge is 2.30. The summed E-state index contributed by atoms with van der Waals surface area (Å²) in [6.45, 7) is 7.46. The summed E-state index contributed by atoms with van der Waals surface area (Å²) in [6, 6.07) is 10.7. The van der Waals surface area contributed by atoms with Crippen LogP contribution in [0.4, 0.5) is 18.9 Å². The molecule has 0 aliphatic carbocycles. The molecule has 0 aliphatic heterocycles. The van der Waals surface area contributed by atoms with Crippen molar-refractivity contribution in [2.24, 2.45) is 0 Å². The number of rotatable bonds is 6. The molecule has 0 aromatic heterocycles. The van der Waals surface area contributed by atoms with Crippen molar-refractivity contribution in [1.29, 1.82) is 0 Å². The highest BCUT2D eigenvalue weighted by Crippen LogP contribution is 2.30. The Morgan fingerprint density at radius 1 is 0.929 bits per heavy atom. The van der Waals surface area contributed by atoms with E-state index in [1.807, 2.05) is 0 Å². The van der Waals surface area contributed by atoms with E-state index in [1.165, 1.54) is 6.07 Å². The van der Waals surface area contributed by atoms with Gasteiger partial charge in [-0.15, -0.1) is 0 Å². The predicted molar refractivity (Wildman–Crippen MR) is 105 cm³/mol. The third-order valence-electron chi connectivity index (χ3n) is 4.33. The van der Waals surface area contributed by atoms with Gasteiger partial charge in [0.2, 0.25) is 10.0 Å². The van der Waals surface area contributed by atoms with Crippen LogP contribution >= 0.6 is 0 Å². The first-order valence-corrected chi connectivity index (χ1v) is 10.3. The smallest absolute Gasteiger partial charge is 0.309 e. The lowest BCUT2D eigenvalue weighted by Crippen LogP contribution is -2.33. The number of nitrogens with one attached hydrogen (secondary N) is 2. The summed E-state index contributed by atoms with van der Waals surface area (Å²) in [4.78, 5) is 0. The third-order valence-corrected chi connectivity index (χ3v) is 6.44. The Balaban J connectivity index is 1.94. The van der Waals surface area contributed by atoms with E-state index in [1.54, 1.807) is 52.0 Å². The second-order valence-electron chi connectivity index (χ2n) is 7.66. The van der Waals surface area contributed by atoms with Crippen molar-refractivity contribution < 1.29 is 21.6 Å². The normalized spacial score (nSPS) is 12.8. The highest BCUT2D eigenvalue weighted by molar-refractivity contribution is 7.94. The zero-order valence-electron chi connectivity index (χ0n) is 16.3. The second-order valence-corrected chi connectivity index (χ2v) is 10.1. The van der Waals surface area contributed by atoms with Crippen molar-refractivity contribution in [2.75, 3.05) is 4.72 Å². The molecule has 0 amide bonds. The van der Waals surface area contributed by atoms with E-state index in [0.29, 0.717) is 24.3 Å². The van der Waals surface area contributed by atoms with Gasteiger partial charge in [0.25, 0.3) is 0 Å². The monoisotopic (exact) mass is 414 g/mol. The molecule has 0 saturated carbocycles. The Morgan fingerprint density at radius 2 is 1.54 bits per heavy atom.